The molecule has 3 N–H and O–H groups in total. The second-order valence-corrected chi connectivity index (χ2v) is 7.26. The van der Waals surface area contributed by atoms with Crippen molar-refractivity contribution in [3.63, 3.8) is 0 Å². The zero-order valence-corrected chi connectivity index (χ0v) is 12.7. The van der Waals surface area contributed by atoms with Crippen molar-refractivity contribution in [1.29, 1.82) is 0 Å². The first-order valence-electron chi connectivity index (χ1n) is 6.33. The molecule has 20 heavy (non-hydrogen) atoms. The van der Waals surface area contributed by atoms with Crippen molar-refractivity contribution < 1.29 is 22.0 Å². The molecule has 0 bridgehead atoms. The van der Waals surface area contributed by atoms with E-state index in [0.29, 0.717) is 12.8 Å². The Kier molecular flexibility index (Phi) is 7.90. The summed E-state index contributed by atoms with van der Waals surface area (Å²) in [6.45, 7) is -1.71. The summed E-state index contributed by atoms with van der Waals surface area (Å²) in [6, 6.07) is 0. The molecule has 0 unspecified atom stereocenters. The minimum Gasteiger partial charge on any atom is -0.350 e. The summed E-state index contributed by atoms with van der Waals surface area (Å²) in [5, 5.41) is 1.63. The molecule has 0 aliphatic heterocycles. The van der Waals surface area contributed by atoms with Crippen molar-refractivity contribution in [3.05, 3.63) is 0 Å². The van der Waals surface area contributed by atoms with E-state index in [0.717, 1.165) is 12.8 Å². The zero-order valence-electron chi connectivity index (χ0n) is 11.1. The molecule has 0 heterocycles. The molecule has 0 aromatic rings. The van der Waals surface area contributed by atoms with Gasteiger partial charge in [0.2, 0.25) is 5.91 Å². The van der Waals surface area contributed by atoms with Crippen molar-refractivity contribution >= 4 is 28.2 Å². The molecule has 0 aromatic heterocycles. The lowest BCUT2D eigenvalue weighted by molar-refractivity contribution is -0.122. The van der Waals surface area contributed by atoms with Crippen LogP contribution in [0.1, 0.15) is 32.1 Å². The molecule has 0 radical (unpaired) electrons. The standard InChI is InChI=1S/C11H20F2N2O3S.ClH/c12-11(13,7-14)8-15-10(16)5-6-19(17,18)9-3-1-2-4-9;/h9H,1-8,14H2,(H,15,16);1H. The molecule has 1 fully saturated rings. The maximum Gasteiger partial charge on any atom is 0.277 e. The van der Waals surface area contributed by atoms with Crippen LogP contribution in [0.5, 0.6) is 0 Å². The molecule has 0 atom stereocenters. The fraction of sp³-hybridized carbons (Fsp3) is 0.909. The van der Waals surface area contributed by atoms with Crippen molar-refractivity contribution in [1.82, 2.24) is 5.32 Å². The average molecular weight is 335 g/mol. The first kappa shape index (κ1) is 19.5. The Morgan fingerprint density at radius 3 is 2.35 bits per heavy atom. The number of carbonyl (C=O) groups excluding carboxylic acids is 1. The summed E-state index contributed by atoms with van der Waals surface area (Å²) in [7, 11) is -3.29. The fourth-order valence-electron chi connectivity index (χ4n) is 2.04. The van der Waals surface area contributed by atoms with Crippen LogP contribution >= 0.6 is 12.4 Å². The Morgan fingerprint density at radius 2 is 1.85 bits per heavy atom. The van der Waals surface area contributed by atoms with E-state index < -0.39 is 34.8 Å². The molecule has 1 saturated carbocycles. The zero-order chi connectivity index (χ0) is 14.5. The highest BCUT2D eigenvalue weighted by Crippen LogP contribution is 2.25. The first-order chi connectivity index (χ1) is 8.77. The number of amides is 1. The van der Waals surface area contributed by atoms with Crippen LogP contribution in [-0.2, 0) is 14.6 Å². The van der Waals surface area contributed by atoms with E-state index in [9.17, 15) is 22.0 Å². The molecule has 1 amide bonds. The van der Waals surface area contributed by atoms with Crippen LogP contribution < -0.4 is 11.1 Å². The Labute approximate surface area is 124 Å². The quantitative estimate of drug-likeness (QED) is 0.723. The number of hydrogen-bond donors (Lipinski definition) is 2. The van der Waals surface area contributed by atoms with E-state index in [-0.39, 0.29) is 29.8 Å². The van der Waals surface area contributed by atoms with Crippen LogP contribution in [0.3, 0.4) is 0 Å². The largest absolute Gasteiger partial charge is 0.350 e. The molecular weight excluding hydrogens is 314 g/mol. The lowest BCUT2D eigenvalue weighted by Gasteiger charge is -2.15. The number of sulfone groups is 1. The van der Waals surface area contributed by atoms with Gasteiger partial charge in [-0.1, -0.05) is 12.8 Å². The van der Waals surface area contributed by atoms with Gasteiger partial charge in [0.25, 0.3) is 5.92 Å². The lowest BCUT2D eigenvalue weighted by Crippen LogP contribution is -2.42. The molecule has 1 aliphatic rings. The Balaban J connectivity index is 0.00000361. The third kappa shape index (κ3) is 6.32. The van der Waals surface area contributed by atoms with E-state index in [4.69, 9.17) is 5.73 Å². The van der Waals surface area contributed by atoms with E-state index in [1.807, 2.05) is 5.32 Å². The van der Waals surface area contributed by atoms with Gasteiger partial charge in [-0.2, -0.15) is 0 Å². The van der Waals surface area contributed by atoms with E-state index in [1.54, 1.807) is 0 Å². The highest BCUT2D eigenvalue weighted by atomic mass is 35.5. The van der Waals surface area contributed by atoms with Gasteiger partial charge in [0.05, 0.1) is 24.1 Å². The van der Waals surface area contributed by atoms with E-state index in [1.165, 1.54) is 0 Å². The molecule has 1 rings (SSSR count). The minimum atomic E-state index is -3.29. The van der Waals surface area contributed by atoms with Crippen molar-refractivity contribution in [2.45, 2.75) is 43.3 Å². The number of nitrogens with two attached hydrogens (primary N) is 1. The van der Waals surface area contributed by atoms with Crippen LogP contribution in [0.25, 0.3) is 0 Å². The topological polar surface area (TPSA) is 89.3 Å². The lowest BCUT2D eigenvalue weighted by atomic mass is 10.3. The number of halogens is 3. The van der Waals surface area contributed by atoms with Crippen molar-refractivity contribution in [3.8, 4) is 0 Å². The molecule has 120 valence electrons. The number of alkyl halides is 2. The van der Waals surface area contributed by atoms with Crippen LogP contribution in [0.15, 0.2) is 0 Å². The molecule has 9 heteroatoms. The molecule has 1 aliphatic carbocycles. The highest BCUT2D eigenvalue weighted by Gasteiger charge is 2.30. The third-order valence-corrected chi connectivity index (χ3v) is 5.53. The first-order valence-corrected chi connectivity index (χ1v) is 8.04. The SMILES string of the molecule is Cl.NCC(F)(F)CNC(=O)CCS(=O)(=O)C1CCCC1. The number of carbonyl (C=O) groups is 1. The molecule has 0 saturated heterocycles. The molecule has 0 spiro atoms. The van der Waals surface area contributed by atoms with Crippen LogP contribution in [0.4, 0.5) is 8.78 Å². The van der Waals surface area contributed by atoms with Crippen LogP contribution in [-0.4, -0.2) is 44.3 Å². The van der Waals surface area contributed by atoms with Crippen molar-refractivity contribution in [2.24, 2.45) is 5.73 Å². The number of rotatable bonds is 7. The van der Waals surface area contributed by atoms with Gasteiger partial charge in [-0.3, -0.25) is 4.79 Å². The number of nitrogens with one attached hydrogen (secondary N) is 1. The maximum absolute atomic E-state index is 12.8. The van der Waals surface area contributed by atoms with Crippen LogP contribution in [0, 0.1) is 0 Å². The Bertz CT molecular complexity index is 412. The summed E-state index contributed by atoms with van der Waals surface area (Å²) in [4.78, 5) is 11.3. The van der Waals surface area contributed by atoms with Gasteiger partial charge in [0.1, 0.15) is 0 Å². The molecule has 5 nitrogen and oxygen atoms in total. The predicted octanol–water partition coefficient (Wildman–Crippen LogP) is 0.866. The third-order valence-electron chi connectivity index (χ3n) is 3.27. The van der Waals surface area contributed by atoms with Gasteiger partial charge in [-0.15, -0.1) is 12.4 Å². The summed E-state index contributed by atoms with van der Waals surface area (Å²) in [6.07, 6.45) is 2.77. The molecule has 0 aromatic carbocycles. The second-order valence-electron chi connectivity index (χ2n) is 4.86. The van der Waals surface area contributed by atoms with Crippen LogP contribution in [0.2, 0.25) is 0 Å². The van der Waals surface area contributed by atoms with Gasteiger partial charge in [-0.25, -0.2) is 17.2 Å². The summed E-state index contributed by atoms with van der Waals surface area (Å²) >= 11 is 0. The van der Waals surface area contributed by atoms with Gasteiger partial charge < -0.3 is 11.1 Å². The Morgan fingerprint density at radius 1 is 1.30 bits per heavy atom. The summed E-state index contributed by atoms with van der Waals surface area (Å²) in [5.74, 6) is -4.12. The Hall–Kier alpha value is -0.470. The van der Waals surface area contributed by atoms with Gasteiger partial charge in [0, 0.05) is 6.42 Å². The van der Waals surface area contributed by atoms with Crippen molar-refractivity contribution in [2.75, 3.05) is 18.8 Å². The van der Waals surface area contributed by atoms with Gasteiger partial charge in [0.15, 0.2) is 9.84 Å². The van der Waals surface area contributed by atoms with E-state index in [2.05, 4.69) is 0 Å². The minimum absolute atomic E-state index is 0. The predicted molar refractivity (Wildman–Crippen MR) is 74.9 cm³/mol. The second kappa shape index (κ2) is 8.09. The smallest absolute Gasteiger partial charge is 0.277 e. The number of hydrogen-bond acceptors (Lipinski definition) is 4. The van der Waals surface area contributed by atoms with E-state index >= 15 is 0 Å². The maximum atomic E-state index is 12.8. The molecular formula is C11H21ClF2N2O3S. The average Bonchev–Trinajstić information content (AvgIpc) is 2.89. The van der Waals surface area contributed by atoms with Gasteiger partial charge in [-0.05, 0) is 12.8 Å². The van der Waals surface area contributed by atoms with Gasteiger partial charge >= 0.3 is 0 Å². The summed E-state index contributed by atoms with van der Waals surface area (Å²) in [5.41, 5.74) is 4.82. The fourth-order valence-corrected chi connectivity index (χ4v) is 3.89. The normalized spacial score (nSPS) is 16.8. The summed E-state index contributed by atoms with van der Waals surface area (Å²) < 4.78 is 49.2. The highest BCUT2D eigenvalue weighted by molar-refractivity contribution is 7.92. The monoisotopic (exact) mass is 334 g/mol.